The third-order valence-electron chi connectivity index (χ3n) is 3.92. The lowest BCUT2D eigenvalue weighted by atomic mass is 9.96. The minimum Gasteiger partial charge on any atom is -0.381 e. The lowest BCUT2D eigenvalue weighted by Gasteiger charge is -2.37. The Morgan fingerprint density at radius 2 is 2.29 bits per heavy atom. The van der Waals surface area contributed by atoms with Crippen LogP contribution in [0, 0.1) is 5.92 Å². The number of piperidine rings is 1. The minimum absolute atomic E-state index is 0.130. The summed E-state index contributed by atoms with van der Waals surface area (Å²) in [7, 11) is 1.97. The molecule has 4 nitrogen and oxygen atoms in total. The van der Waals surface area contributed by atoms with Gasteiger partial charge in [0.05, 0.1) is 12.5 Å². The summed E-state index contributed by atoms with van der Waals surface area (Å²) >= 11 is 0. The molecule has 4 heteroatoms. The van der Waals surface area contributed by atoms with E-state index in [0.29, 0.717) is 18.6 Å². The average Bonchev–Trinajstić information content (AvgIpc) is 2.89. The van der Waals surface area contributed by atoms with E-state index in [1.165, 1.54) is 12.8 Å². The van der Waals surface area contributed by atoms with Crippen molar-refractivity contribution in [3.05, 3.63) is 0 Å². The first-order chi connectivity index (χ1) is 8.33. The Kier molecular flexibility index (Phi) is 4.80. The zero-order chi connectivity index (χ0) is 12.1. The number of ether oxygens (including phenoxy) is 1. The summed E-state index contributed by atoms with van der Waals surface area (Å²) in [4.78, 5) is 14.5. The summed E-state index contributed by atoms with van der Waals surface area (Å²) in [6.07, 6.45) is 5.58. The van der Waals surface area contributed by atoms with Crippen molar-refractivity contribution in [2.24, 2.45) is 5.92 Å². The molecule has 0 spiro atoms. The molecule has 0 aromatic carbocycles. The van der Waals surface area contributed by atoms with Gasteiger partial charge < -0.3 is 15.0 Å². The number of nitrogens with one attached hydrogen (secondary N) is 1. The first-order valence-corrected chi connectivity index (χ1v) is 6.85. The molecule has 1 amide bonds. The molecule has 98 valence electrons. The van der Waals surface area contributed by atoms with Gasteiger partial charge in [0.15, 0.2) is 0 Å². The molecule has 2 heterocycles. The predicted octanol–water partition coefficient (Wildman–Crippen LogP) is 1.01. The molecule has 1 N–H and O–H groups in total. The fourth-order valence-corrected chi connectivity index (χ4v) is 2.87. The van der Waals surface area contributed by atoms with E-state index in [-0.39, 0.29) is 5.92 Å². The molecule has 2 aliphatic heterocycles. The molecule has 0 aromatic heterocycles. The van der Waals surface area contributed by atoms with Crippen molar-refractivity contribution >= 4 is 5.91 Å². The summed E-state index contributed by atoms with van der Waals surface area (Å²) in [6, 6.07) is 0.448. The van der Waals surface area contributed by atoms with E-state index in [1.54, 1.807) is 0 Å². The lowest BCUT2D eigenvalue weighted by Crippen LogP contribution is -2.47. The quantitative estimate of drug-likeness (QED) is 0.797. The van der Waals surface area contributed by atoms with Crippen LogP contribution in [-0.4, -0.2) is 50.2 Å². The summed E-state index contributed by atoms with van der Waals surface area (Å²) in [6.45, 7) is 3.33. The van der Waals surface area contributed by atoms with Gasteiger partial charge in [0.2, 0.25) is 5.91 Å². The number of amides is 1. The molecule has 2 aliphatic rings. The molecule has 0 bridgehead atoms. The number of carbonyl (C=O) groups excluding carboxylic acids is 1. The van der Waals surface area contributed by atoms with Crippen LogP contribution in [0.5, 0.6) is 0 Å². The maximum absolute atomic E-state index is 12.4. The highest BCUT2D eigenvalue weighted by atomic mass is 16.5. The molecule has 0 radical (unpaired) electrons. The molecule has 0 aliphatic carbocycles. The van der Waals surface area contributed by atoms with Crippen molar-refractivity contribution in [1.29, 1.82) is 0 Å². The second kappa shape index (κ2) is 6.36. The SMILES string of the molecule is CNCCC1CCCCN1C(=O)C1CCOC1. The molecule has 0 saturated carbocycles. The van der Waals surface area contributed by atoms with Crippen LogP contribution < -0.4 is 5.32 Å². The Hall–Kier alpha value is -0.610. The van der Waals surface area contributed by atoms with Gasteiger partial charge >= 0.3 is 0 Å². The van der Waals surface area contributed by atoms with Gasteiger partial charge in [-0.05, 0) is 45.7 Å². The zero-order valence-electron chi connectivity index (χ0n) is 10.8. The van der Waals surface area contributed by atoms with E-state index >= 15 is 0 Å². The van der Waals surface area contributed by atoms with Crippen LogP contribution in [0.15, 0.2) is 0 Å². The highest BCUT2D eigenvalue weighted by Crippen LogP contribution is 2.24. The Labute approximate surface area is 104 Å². The van der Waals surface area contributed by atoms with Gasteiger partial charge in [-0.2, -0.15) is 0 Å². The number of hydrogen-bond donors (Lipinski definition) is 1. The molecule has 17 heavy (non-hydrogen) atoms. The maximum atomic E-state index is 12.4. The van der Waals surface area contributed by atoms with Crippen molar-refractivity contribution in [1.82, 2.24) is 10.2 Å². The Morgan fingerprint density at radius 1 is 1.41 bits per heavy atom. The Morgan fingerprint density at radius 3 is 3.00 bits per heavy atom. The first kappa shape index (κ1) is 12.8. The van der Waals surface area contributed by atoms with Gasteiger partial charge in [-0.1, -0.05) is 0 Å². The smallest absolute Gasteiger partial charge is 0.228 e. The number of likely N-dealkylation sites (tertiary alicyclic amines) is 1. The number of nitrogens with zero attached hydrogens (tertiary/aromatic N) is 1. The molecule has 2 unspecified atom stereocenters. The minimum atomic E-state index is 0.130. The van der Waals surface area contributed by atoms with Gasteiger partial charge in [-0.15, -0.1) is 0 Å². The monoisotopic (exact) mass is 240 g/mol. The largest absolute Gasteiger partial charge is 0.381 e. The fraction of sp³-hybridized carbons (Fsp3) is 0.923. The van der Waals surface area contributed by atoms with Crippen LogP contribution in [-0.2, 0) is 9.53 Å². The highest BCUT2D eigenvalue weighted by Gasteiger charge is 2.32. The topological polar surface area (TPSA) is 41.6 Å². The van der Waals surface area contributed by atoms with Crippen LogP contribution in [0.25, 0.3) is 0 Å². The van der Waals surface area contributed by atoms with Crippen molar-refractivity contribution in [2.45, 2.75) is 38.1 Å². The Balaban J connectivity index is 1.92. The van der Waals surface area contributed by atoms with Gasteiger partial charge in [-0.25, -0.2) is 0 Å². The molecule has 2 saturated heterocycles. The lowest BCUT2D eigenvalue weighted by molar-refractivity contribution is -0.139. The average molecular weight is 240 g/mol. The van der Waals surface area contributed by atoms with Crippen LogP contribution in [0.1, 0.15) is 32.1 Å². The van der Waals surface area contributed by atoms with E-state index in [9.17, 15) is 4.79 Å². The maximum Gasteiger partial charge on any atom is 0.228 e. The second-order valence-electron chi connectivity index (χ2n) is 5.13. The summed E-state index contributed by atoms with van der Waals surface area (Å²) in [5.41, 5.74) is 0. The van der Waals surface area contributed by atoms with Gasteiger partial charge in [-0.3, -0.25) is 4.79 Å². The van der Waals surface area contributed by atoms with Crippen LogP contribution in [0.3, 0.4) is 0 Å². The van der Waals surface area contributed by atoms with Crippen molar-refractivity contribution in [2.75, 3.05) is 33.4 Å². The predicted molar refractivity (Wildman–Crippen MR) is 66.8 cm³/mol. The normalized spacial score (nSPS) is 29.6. The molecule has 2 atom stereocenters. The Bertz CT molecular complexity index is 252. The first-order valence-electron chi connectivity index (χ1n) is 6.85. The van der Waals surface area contributed by atoms with Crippen molar-refractivity contribution in [3.63, 3.8) is 0 Å². The third kappa shape index (κ3) is 3.19. The molecule has 0 aromatic rings. The van der Waals surface area contributed by atoms with Gasteiger partial charge in [0.25, 0.3) is 0 Å². The summed E-state index contributed by atoms with van der Waals surface area (Å²) < 4.78 is 5.33. The molecular weight excluding hydrogens is 216 g/mol. The van der Waals surface area contributed by atoms with Crippen molar-refractivity contribution in [3.8, 4) is 0 Å². The van der Waals surface area contributed by atoms with Crippen LogP contribution in [0.4, 0.5) is 0 Å². The fourth-order valence-electron chi connectivity index (χ4n) is 2.87. The standard InChI is InChI=1S/C13H24N2O2/c1-14-7-5-12-4-2-3-8-15(12)13(16)11-6-9-17-10-11/h11-12,14H,2-10H2,1H3. The molecule has 2 rings (SSSR count). The van der Waals surface area contributed by atoms with E-state index in [1.807, 2.05) is 7.05 Å². The number of carbonyl (C=O) groups is 1. The highest BCUT2D eigenvalue weighted by molar-refractivity contribution is 5.79. The second-order valence-corrected chi connectivity index (χ2v) is 5.13. The molecular formula is C13H24N2O2. The summed E-state index contributed by atoms with van der Waals surface area (Å²) in [5.74, 6) is 0.466. The van der Waals surface area contributed by atoms with Crippen molar-refractivity contribution < 1.29 is 9.53 Å². The third-order valence-corrected chi connectivity index (χ3v) is 3.92. The van der Waals surface area contributed by atoms with E-state index < -0.39 is 0 Å². The van der Waals surface area contributed by atoms with Gasteiger partial charge in [0, 0.05) is 19.2 Å². The van der Waals surface area contributed by atoms with Crippen LogP contribution in [0.2, 0.25) is 0 Å². The van der Waals surface area contributed by atoms with Gasteiger partial charge in [0.1, 0.15) is 0 Å². The summed E-state index contributed by atoms with van der Waals surface area (Å²) in [5, 5.41) is 3.18. The van der Waals surface area contributed by atoms with E-state index in [2.05, 4.69) is 10.2 Å². The molecule has 2 fully saturated rings. The zero-order valence-corrected chi connectivity index (χ0v) is 10.8. The van der Waals surface area contributed by atoms with Crippen LogP contribution >= 0.6 is 0 Å². The number of rotatable bonds is 4. The van der Waals surface area contributed by atoms with E-state index in [4.69, 9.17) is 4.74 Å². The number of hydrogen-bond acceptors (Lipinski definition) is 3. The van der Waals surface area contributed by atoms with E-state index in [0.717, 1.165) is 39.0 Å².